The molecular formula is C27H39N3O3. The number of fused-ring (bicyclic) bond motifs is 1. The summed E-state index contributed by atoms with van der Waals surface area (Å²) in [6.07, 6.45) is 2.32. The fourth-order valence-electron chi connectivity index (χ4n) is 3.86. The number of benzene rings is 1. The van der Waals surface area contributed by atoms with Gasteiger partial charge < -0.3 is 18.9 Å². The molecule has 0 amide bonds. The van der Waals surface area contributed by atoms with Gasteiger partial charge in [0.1, 0.15) is 19.4 Å². The molecule has 0 aliphatic carbocycles. The SMILES string of the molecule is C=O.C=O.Cc1ccc2c(c1)nc(C(C)(C)C)n2CC1CCOCC1.Cc1cccc(C)n1. The van der Waals surface area contributed by atoms with E-state index in [-0.39, 0.29) is 5.41 Å². The summed E-state index contributed by atoms with van der Waals surface area (Å²) in [7, 11) is 0. The van der Waals surface area contributed by atoms with Crippen molar-refractivity contribution in [3.63, 3.8) is 0 Å². The first-order valence-corrected chi connectivity index (χ1v) is 11.3. The van der Waals surface area contributed by atoms with Gasteiger partial charge in [0, 0.05) is 36.6 Å². The van der Waals surface area contributed by atoms with Crippen LogP contribution in [0.5, 0.6) is 0 Å². The van der Waals surface area contributed by atoms with Crippen molar-refractivity contribution >= 4 is 24.6 Å². The van der Waals surface area contributed by atoms with Crippen molar-refractivity contribution in [2.24, 2.45) is 5.92 Å². The van der Waals surface area contributed by atoms with Crippen molar-refractivity contribution in [3.05, 3.63) is 59.2 Å². The molecule has 0 atom stereocenters. The van der Waals surface area contributed by atoms with Crippen LogP contribution < -0.4 is 0 Å². The molecule has 2 aromatic heterocycles. The van der Waals surface area contributed by atoms with Gasteiger partial charge in [0.15, 0.2) is 0 Å². The van der Waals surface area contributed by atoms with Crippen molar-refractivity contribution in [2.45, 2.75) is 66.3 Å². The standard InChI is InChI=1S/C18H26N2O.C7H9N.2CH2O/c1-13-5-6-16-15(11-13)19-17(18(2,3)4)20(16)12-14-7-9-21-10-8-14;1-6-4-3-5-7(2)8-6;2*1-2/h5-6,11,14H,7-10,12H2,1-4H3;3-5H,1-2H3;2*1H2. The zero-order valence-electron chi connectivity index (χ0n) is 21.1. The van der Waals surface area contributed by atoms with Gasteiger partial charge in [0.05, 0.1) is 11.0 Å². The second kappa shape index (κ2) is 13.6. The maximum atomic E-state index is 8.00. The summed E-state index contributed by atoms with van der Waals surface area (Å²) in [4.78, 5) is 25.1. The minimum atomic E-state index is 0.0676. The van der Waals surface area contributed by atoms with E-state index in [0.717, 1.165) is 49.5 Å². The van der Waals surface area contributed by atoms with Crippen LogP contribution >= 0.6 is 0 Å². The maximum Gasteiger partial charge on any atom is 0.115 e. The Labute approximate surface area is 198 Å². The number of ether oxygens (including phenoxy) is 1. The predicted molar refractivity (Wildman–Crippen MR) is 135 cm³/mol. The van der Waals surface area contributed by atoms with Gasteiger partial charge in [0.25, 0.3) is 0 Å². The van der Waals surface area contributed by atoms with Gasteiger partial charge in [-0.05, 0) is 69.4 Å². The minimum absolute atomic E-state index is 0.0676. The fraction of sp³-hybridized carbons (Fsp3) is 0.481. The van der Waals surface area contributed by atoms with Crippen molar-refractivity contribution in [3.8, 4) is 0 Å². The van der Waals surface area contributed by atoms with E-state index in [9.17, 15) is 0 Å². The number of aromatic nitrogens is 3. The van der Waals surface area contributed by atoms with Gasteiger partial charge in [-0.1, -0.05) is 32.9 Å². The molecule has 0 N–H and O–H groups in total. The Kier molecular flexibility index (Phi) is 11.6. The lowest BCUT2D eigenvalue weighted by molar-refractivity contribution is -0.0987. The number of hydrogen-bond acceptors (Lipinski definition) is 5. The van der Waals surface area contributed by atoms with Crippen LogP contribution in [0.1, 0.15) is 56.4 Å². The largest absolute Gasteiger partial charge is 0.381 e. The molecule has 0 spiro atoms. The molecule has 6 nitrogen and oxygen atoms in total. The summed E-state index contributed by atoms with van der Waals surface area (Å²) in [6, 6.07) is 12.6. The van der Waals surface area contributed by atoms with Gasteiger partial charge >= 0.3 is 0 Å². The Morgan fingerprint density at radius 3 is 2.00 bits per heavy atom. The molecule has 0 saturated carbocycles. The van der Waals surface area contributed by atoms with Gasteiger partial charge in [0.2, 0.25) is 0 Å². The summed E-state index contributed by atoms with van der Waals surface area (Å²) >= 11 is 0. The fourth-order valence-corrected chi connectivity index (χ4v) is 3.86. The molecule has 4 rings (SSSR count). The number of hydrogen-bond donors (Lipinski definition) is 0. The number of imidazole rings is 1. The second-order valence-corrected chi connectivity index (χ2v) is 9.26. The van der Waals surface area contributed by atoms with Crippen LogP contribution in [0.4, 0.5) is 0 Å². The van der Waals surface area contributed by atoms with E-state index in [0.29, 0.717) is 5.92 Å². The van der Waals surface area contributed by atoms with Crippen LogP contribution in [0.3, 0.4) is 0 Å². The average Bonchev–Trinajstić information content (AvgIpc) is 3.15. The molecule has 3 heterocycles. The summed E-state index contributed by atoms with van der Waals surface area (Å²) in [6.45, 7) is 19.7. The average molecular weight is 454 g/mol. The van der Waals surface area contributed by atoms with E-state index in [4.69, 9.17) is 19.3 Å². The highest BCUT2D eigenvalue weighted by molar-refractivity contribution is 5.77. The third kappa shape index (κ3) is 8.54. The first-order chi connectivity index (χ1) is 15.7. The lowest BCUT2D eigenvalue weighted by Crippen LogP contribution is -2.25. The molecule has 0 unspecified atom stereocenters. The highest BCUT2D eigenvalue weighted by atomic mass is 16.5. The van der Waals surface area contributed by atoms with Crippen LogP contribution in [-0.4, -0.2) is 41.3 Å². The summed E-state index contributed by atoms with van der Waals surface area (Å²) in [5.41, 5.74) is 5.93. The Morgan fingerprint density at radius 2 is 1.52 bits per heavy atom. The lowest BCUT2D eigenvalue weighted by atomic mass is 9.94. The zero-order chi connectivity index (χ0) is 25.0. The lowest BCUT2D eigenvalue weighted by Gasteiger charge is -2.26. The molecular weight excluding hydrogens is 414 g/mol. The number of aryl methyl sites for hydroxylation is 3. The summed E-state index contributed by atoms with van der Waals surface area (Å²) in [5, 5.41) is 0. The van der Waals surface area contributed by atoms with Crippen molar-refractivity contribution in [2.75, 3.05) is 13.2 Å². The van der Waals surface area contributed by atoms with Crippen molar-refractivity contribution in [1.82, 2.24) is 14.5 Å². The highest BCUT2D eigenvalue weighted by Crippen LogP contribution is 2.29. The molecule has 33 heavy (non-hydrogen) atoms. The Balaban J connectivity index is 0.000000380. The second-order valence-electron chi connectivity index (χ2n) is 9.26. The Bertz CT molecular complexity index is 967. The smallest absolute Gasteiger partial charge is 0.115 e. The monoisotopic (exact) mass is 453 g/mol. The van der Waals surface area contributed by atoms with E-state index >= 15 is 0 Å². The Morgan fingerprint density at radius 1 is 0.939 bits per heavy atom. The van der Waals surface area contributed by atoms with Crippen molar-refractivity contribution < 1.29 is 14.3 Å². The van der Waals surface area contributed by atoms with E-state index < -0.39 is 0 Å². The molecule has 3 aromatic rings. The quantitative estimate of drug-likeness (QED) is 0.519. The topological polar surface area (TPSA) is 74.1 Å². The van der Waals surface area contributed by atoms with Gasteiger partial charge in [-0.3, -0.25) is 4.98 Å². The first kappa shape index (κ1) is 28.2. The molecule has 1 aromatic carbocycles. The summed E-state index contributed by atoms with van der Waals surface area (Å²) < 4.78 is 7.94. The third-order valence-electron chi connectivity index (χ3n) is 5.38. The minimum Gasteiger partial charge on any atom is -0.381 e. The maximum absolute atomic E-state index is 8.00. The zero-order valence-corrected chi connectivity index (χ0v) is 21.1. The van der Waals surface area contributed by atoms with Crippen LogP contribution in [0.15, 0.2) is 36.4 Å². The molecule has 0 radical (unpaired) electrons. The van der Waals surface area contributed by atoms with E-state index in [1.54, 1.807) is 0 Å². The normalized spacial score (nSPS) is 13.6. The molecule has 1 fully saturated rings. The molecule has 1 aliphatic rings. The number of carbonyl (C=O) groups excluding carboxylic acids is 2. The molecule has 6 heteroatoms. The molecule has 180 valence electrons. The van der Waals surface area contributed by atoms with E-state index in [1.165, 1.54) is 16.9 Å². The molecule has 1 aliphatic heterocycles. The van der Waals surface area contributed by atoms with Gasteiger partial charge in [-0.15, -0.1) is 0 Å². The number of carbonyl (C=O) groups is 2. The van der Waals surface area contributed by atoms with Crippen LogP contribution in [0.2, 0.25) is 0 Å². The highest BCUT2D eigenvalue weighted by Gasteiger charge is 2.25. The third-order valence-corrected chi connectivity index (χ3v) is 5.38. The van der Waals surface area contributed by atoms with E-state index in [2.05, 4.69) is 55.4 Å². The van der Waals surface area contributed by atoms with Crippen molar-refractivity contribution in [1.29, 1.82) is 0 Å². The predicted octanol–water partition coefficient (Wildman–Crippen LogP) is 5.40. The van der Waals surface area contributed by atoms with E-state index in [1.807, 2.05) is 45.6 Å². The van der Waals surface area contributed by atoms with Crippen LogP contribution in [0, 0.1) is 26.7 Å². The van der Waals surface area contributed by atoms with Gasteiger partial charge in [-0.25, -0.2) is 4.98 Å². The Hall–Kier alpha value is -2.86. The number of nitrogens with zero attached hydrogens (tertiary/aromatic N) is 3. The number of pyridine rings is 1. The van der Waals surface area contributed by atoms with Crippen LogP contribution in [0.25, 0.3) is 11.0 Å². The molecule has 1 saturated heterocycles. The molecule has 0 bridgehead atoms. The summed E-state index contributed by atoms with van der Waals surface area (Å²) in [5.74, 6) is 1.91. The first-order valence-electron chi connectivity index (χ1n) is 11.3. The number of rotatable bonds is 2. The van der Waals surface area contributed by atoms with Gasteiger partial charge in [-0.2, -0.15) is 0 Å². The van der Waals surface area contributed by atoms with Crippen LogP contribution in [-0.2, 0) is 26.3 Å².